The Morgan fingerprint density at radius 3 is 2.55 bits per heavy atom. The number of likely N-dealkylation sites (tertiary alicyclic amines) is 1. The van der Waals surface area contributed by atoms with E-state index in [2.05, 4.69) is 37.9 Å². The average molecular weight is 282 g/mol. The highest BCUT2D eigenvalue weighted by Crippen LogP contribution is 2.42. The number of hydrogen-bond donors (Lipinski definition) is 1. The van der Waals surface area contributed by atoms with E-state index in [0.717, 1.165) is 13.2 Å². The molecule has 2 atom stereocenters. The summed E-state index contributed by atoms with van der Waals surface area (Å²) >= 11 is 0. The molecule has 1 heterocycles. The molecule has 118 valence electrons. The predicted molar refractivity (Wildman–Crippen MR) is 85.1 cm³/mol. The van der Waals surface area contributed by atoms with E-state index in [-0.39, 0.29) is 0 Å². The summed E-state index contributed by atoms with van der Waals surface area (Å²) in [5.74, 6) is 0.637. The smallest absolute Gasteiger partial charge is 0.0656 e. The van der Waals surface area contributed by atoms with E-state index in [1.807, 2.05) is 0 Å². The molecule has 1 saturated carbocycles. The summed E-state index contributed by atoms with van der Waals surface area (Å²) in [5.41, 5.74) is 0.294. The molecule has 3 nitrogen and oxygen atoms in total. The van der Waals surface area contributed by atoms with E-state index in [9.17, 15) is 0 Å². The summed E-state index contributed by atoms with van der Waals surface area (Å²) in [6.07, 6.45) is 5.71. The molecule has 0 aromatic carbocycles. The SMILES string of the molecule is CC(C)COC1CC(NCCCN2CCCC2)C1(C)C. The van der Waals surface area contributed by atoms with Crippen LogP contribution >= 0.6 is 0 Å². The van der Waals surface area contributed by atoms with E-state index < -0.39 is 0 Å². The van der Waals surface area contributed by atoms with Crippen LogP contribution in [0, 0.1) is 11.3 Å². The number of nitrogens with zero attached hydrogens (tertiary/aromatic N) is 1. The zero-order valence-corrected chi connectivity index (χ0v) is 14.0. The van der Waals surface area contributed by atoms with Crippen molar-refractivity contribution in [2.75, 3.05) is 32.8 Å². The molecule has 2 rings (SSSR count). The molecule has 0 amide bonds. The largest absolute Gasteiger partial charge is 0.377 e. The molecule has 1 aliphatic carbocycles. The van der Waals surface area contributed by atoms with Crippen LogP contribution in [0.4, 0.5) is 0 Å². The molecule has 3 heteroatoms. The Hall–Kier alpha value is -0.120. The van der Waals surface area contributed by atoms with E-state index >= 15 is 0 Å². The normalized spacial score (nSPS) is 29.9. The van der Waals surface area contributed by atoms with E-state index in [1.54, 1.807) is 0 Å². The van der Waals surface area contributed by atoms with Gasteiger partial charge in [-0.2, -0.15) is 0 Å². The Morgan fingerprint density at radius 2 is 1.95 bits per heavy atom. The van der Waals surface area contributed by atoms with Crippen molar-refractivity contribution in [2.24, 2.45) is 11.3 Å². The molecule has 1 saturated heterocycles. The van der Waals surface area contributed by atoms with Gasteiger partial charge in [0.1, 0.15) is 0 Å². The topological polar surface area (TPSA) is 24.5 Å². The first-order chi connectivity index (χ1) is 9.50. The zero-order chi connectivity index (χ0) is 14.6. The summed E-state index contributed by atoms with van der Waals surface area (Å²) in [6, 6.07) is 0.637. The quantitative estimate of drug-likeness (QED) is 0.693. The second-order valence-electron chi connectivity index (χ2n) is 7.68. The van der Waals surface area contributed by atoms with Crippen LogP contribution in [0.5, 0.6) is 0 Å². The minimum absolute atomic E-state index is 0.294. The third kappa shape index (κ3) is 4.19. The molecule has 2 fully saturated rings. The Kier molecular flexibility index (Phi) is 5.88. The van der Waals surface area contributed by atoms with Gasteiger partial charge in [0.2, 0.25) is 0 Å². The first kappa shape index (κ1) is 16.3. The predicted octanol–water partition coefficient (Wildman–Crippen LogP) is 2.90. The number of rotatable bonds is 8. The molecule has 0 aromatic heterocycles. The van der Waals surface area contributed by atoms with E-state index in [1.165, 1.54) is 45.3 Å². The van der Waals surface area contributed by atoms with Gasteiger partial charge in [0.25, 0.3) is 0 Å². The van der Waals surface area contributed by atoms with Gasteiger partial charge in [-0.05, 0) is 57.8 Å². The Morgan fingerprint density at radius 1 is 1.25 bits per heavy atom. The van der Waals surface area contributed by atoms with Crippen LogP contribution in [0.1, 0.15) is 53.4 Å². The standard InChI is InChI=1S/C17H34N2O/c1-14(2)13-20-16-12-15(17(16,3)4)18-8-7-11-19-9-5-6-10-19/h14-16,18H,5-13H2,1-4H3. The lowest BCUT2D eigenvalue weighted by Gasteiger charge is -2.52. The van der Waals surface area contributed by atoms with Crippen molar-refractivity contribution in [3.05, 3.63) is 0 Å². The average Bonchev–Trinajstić information content (AvgIpc) is 2.88. The third-order valence-corrected chi connectivity index (χ3v) is 5.05. The summed E-state index contributed by atoms with van der Waals surface area (Å²) in [4.78, 5) is 2.60. The molecule has 0 bridgehead atoms. The maximum atomic E-state index is 6.02. The van der Waals surface area contributed by atoms with Gasteiger partial charge in [0.15, 0.2) is 0 Å². The van der Waals surface area contributed by atoms with Crippen molar-refractivity contribution in [2.45, 2.75) is 65.5 Å². The van der Waals surface area contributed by atoms with Crippen LogP contribution < -0.4 is 5.32 Å². The molecule has 20 heavy (non-hydrogen) atoms. The second kappa shape index (κ2) is 7.24. The zero-order valence-electron chi connectivity index (χ0n) is 14.0. The van der Waals surface area contributed by atoms with Gasteiger partial charge in [-0.15, -0.1) is 0 Å². The lowest BCUT2D eigenvalue weighted by atomic mass is 9.64. The van der Waals surface area contributed by atoms with Crippen molar-refractivity contribution in [1.82, 2.24) is 10.2 Å². The van der Waals surface area contributed by atoms with Gasteiger partial charge < -0.3 is 15.0 Å². The van der Waals surface area contributed by atoms with Crippen molar-refractivity contribution in [1.29, 1.82) is 0 Å². The monoisotopic (exact) mass is 282 g/mol. The summed E-state index contributed by atoms with van der Waals surface area (Å²) in [7, 11) is 0. The summed E-state index contributed by atoms with van der Waals surface area (Å²) in [6.45, 7) is 15.1. The van der Waals surface area contributed by atoms with E-state index in [0.29, 0.717) is 23.5 Å². The molecule has 1 N–H and O–H groups in total. The minimum Gasteiger partial charge on any atom is -0.377 e. The van der Waals surface area contributed by atoms with Crippen LogP contribution in [0.2, 0.25) is 0 Å². The highest BCUT2D eigenvalue weighted by Gasteiger charge is 2.48. The van der Waals surface area contributed by atoms with Crippen LogP contribution in [-0.2, 0) is 4.74 Å². The maximum absolute atomic E-state index is 6.02. The van der Waals surface area contributed by atoms with Crippen molar-refractivity contribution in [3.8, 4) is 0 Å². The molecular formula is C17H34N2O. The van der Waals surface area contributed by atoms with Crippen molar-refractivity contribution >= 4 is 0 Å². The molecule has 2 unspecified atom stereocenters. The van der Waals surface area contributed by atoms with Crippen LogP contribution in [-0.4, -0.2) is 49.8 Å². The van der Waals surface area contributed by atoms with Crippen molar-refractivity contribution in [3.63, 3.8) is 0 Å². The summed E-state index contributed by atoms with van der Waals surface area (Å²) in [5, 5.41) is 3.74. The minimum atomic E-state index is 0.294. The number of nitrogens with one attached hydrogen (secondary N) is 1. The van der Waals surface area contributed by atoms with Crippen LogP contribution in [0.15, 0.2) is 0 Å². The highest BCUT2D eigenvalue weighted by atomic mass is 16.5. The van der Waals surface area contributed by atoms with Crippen LogP contribution in [0.3, 0.4) is 0 Å². The second-order valence-corrected chi connectivity index (χ2v) is 7.68. The molecule has 0 spiro atoms. The van der Waals surface area contributed by atoms with Gasteiger partial charge in [-0.3, -0.25) is 0 Å². The van der Waals surface area contributed by atoms with Gasteiger partial charge in [0, 0.05) is 18.1 Å². The van der Waals surface area contributed by atoms with Crippen LogP contribution in [0.25, 0.3) is 0 Å². The maximum Gasteiger partial charge on any atom is 0.0656 e. The molecule has 1 aliphatic heterocycles. The Bertz CT molecular complexity index is 285. The number of hydrogen-bond acceptors (Lipinski definition) is 3. The van der Waals surface area contributed by atoms with Gasteiger partial charge >= 0.3 is 0 Å². The molecular weight excluding hydrogens is 248 g/mol. The van der Waals surface area contributed by atoms with Gasteiger partial charge in [-0.1, -0.05) is 27.7 Å². The molecule has 0 aromatic rings. The summed E-state index contributed by atoms with van der Waals surface area (Å²) < 4.78 is 6.02. The van der Waals surface area contributed by atoms with Gasteiger partial charge in [0.05, 0.1) is 6.10 Å². The lowest BCUT2D eigenvalue weighted by Crippen LogP contribution is -2.61. The first-order valence-electron chi connectivity index (χ1n) is 8.57. The first-order valence-corrected chi connectivity index (χ1v) is 8.57. The molecule has 0 radical (unpaired) electrons. The number of ether oxygens (including phenoxy) is 1. The van der Waals surface area contributed by atoms with E-state index in [4.69, 9.17) is 4.74 Å². The Balaban J connectivity index is 1.57. The fourth-order valence-corrected chi connectivity index (χ4v) is 3.41. The third-order valence-electron chi connectivity index (χ3n) is 5.05. The highest BCUT2D eigenvalue weighted by molar-refractivity contribution is 5.02. The van der Waals surface area contributed by atoms with Gasteiger partial charge in [-0.25, -0.2) is 0 Å². The fourth-order valence-electron chi connectivity index (χ4n) is 3.41. The Labute approximate surface area is 125 Å². The van der Waals surface area contributed by atoms with Crippen molar-refractivity contribution < 1.29 is 4.74 Å². The molecule has 2 aliphatic rings. The fraction of sp³-hybridized carbons (Fsp3) is 1.00. The lowest BCUT2D eigenvalue weighted by molar-refractivity contribution is -0.123.